The first-order chi connectivity index (χ1) is 9.49. The molecule has 2 rings (SSSR count). The Labute approximate surface area is 126 Å². The minimum Gasteiger partial charge on any atom is -0.386 e. The molecule has 1 fully saturated rings. The van der Waals surface area contributed by atoms with Crippen LogP contribution in [-0.4, -0.2) is 40.4 Å². The second-order valence-electron chi connectivity index (χ2n) is 6.38. The van der Waals surface area contributed by atoms with Gasteiger partial charge >= 0.3 is 0 Å². The number of aliphatic hydroxyl groups is 1. The Bertz CT molecular complexity index is 433. The van der Waals surface area contributed by atoms with E-state index in [1.165, 1.54) is 12.8 Å². The molecule has 4 nitrogen and oxygen atoms in total. The molecule has 0 radical (unpaired) electrons. The van der Waals surface area contributed by atoms with E-state index in [1.807, 2.05) is 18.8 Å². The molecule has 0 spiro atoms. The number of halogens is 1. The molecule has 20 heavy (non-hydrogen) atoms. The normalized spacial score (nSPS) is 25.1. The lowest BCUT2D eigenvalue weighted by Gasteiger charge is -2.31. The summed E-state index contributed by atoms with van der Waals surface area (Å²) in [5, 5.41) is 15.6. The van der Waals surface area contributed by atoms with Crippen LogP contribution >= 0.6 is 11.6 Å². The fraction of sp³-hybridized carbons (Fsp3) is 0.800. The summed E-state index contributed by atoms with van der Waals surface area (Å²) in [6.07, 6.45) is 5.80. The molecule has 0 aromatic carbocycles. The Morgan fingerprint density at radius 1 is 1.50 bits per heavy atom. The third-order valence-corrected chi connectivity index (χ3v) is 4.59. The molecule has 3 unspecified atom stereocenters. The summed E-state index contributed by atoms with van der Waals surface area (Å²) in [6, 6.07) is 0. The molecule has 3 atom stereocenters. The van der Waals surface area contributed by atoms with E-state index in [0.29, 0.717) is 16.9 Å². The Kier molecular flexibility index (Phi) is 5.47. The third-order valence-electron chi connectivity index (χ3n) is 4.30. The molecule has 114 valence electrons. The van der Waals surface area contributed by atoms with Gasteiger partial charge in [0.2, 0.25) is 0 Å². The van der Waals surface area contributed by atoms with Crippen LogP contribution in [0.15, 0.2) is 6.20 Å². The Morgan fingerprint density at radius 3 is 2.90 bits per heavy atom. The second kappa shape index (κ2) is 6.92. The van der Waals surface area contributed by atoms with Gasteiger partial charge in [-0.3, -0.25) is 4.68 Å². The Hall–Kier alpha value is -0.580. The van der Waals surface area contributed by atoms with Crippen molar-refractivity contribution < 1.29 is 5.11 Å². The summed E-state index contributed by atoms with van der Waals surface area (Å²) in [4.78, 5) is 2.11. The third kappa shape index (κ3) is 3.74. The first-order valence-corrected chi connectivity index (χ1v) is 7.90. The molecular weight excluding hydrogens is 274 g/mol. The highest BCUT2D eigenvalue weighted by Crippen LogP contribution is 2.38. The van der Waals surface area contributed by atoms with Crippen molar-refractivity contribution in [3.63, 3.8) is 0 Å². The smallest absolute Gasteiger partial charge is 0.0999 e. The predicted octanol–water partition coefficient (Wildman–Crippen LogP) is 2.96. The maximum atomic E-state index is 10.7. The van der Waals surface area contributed by atoms with E-state index in [2.05, 4.69) is 16.9 Å². The monoisotopic (exact) mass is 299 g/mol. The minimum absolute atomic E-state index is 0.311. The number of aliphatic hydroxyl groups excluding tert-OH is 1. The number of hydrogen-bond donors (Lipinski definition) is 1. The van der Waals surface area contributed by atoms with E-state index in [0.717, 1.165) is 31.6 Å². The standard InChI is InChI=1S/C15H26ClN3O/c1-11-5-4-6-12(9-11)15(20)14-13(16)10-17-19(14)8-7-18(2)3/h10-12,15,20H,4-9H2,1-3H3. The summed E-state index contributed by atoms with van der Waals surface area (Å²) < 4.78 is 1.87. The number of aromatic nitrogens is 2. The van der Waals surface area contributed by atoms with Crippen LogP contribution in [0.3, 0.4) is 0 Å². The summed E-state index contributed by atoms with van der Waals surface area (Å²) in [6.45, 7) is 3.91. The molecule has 5 heteroatoms. The lowest BCUT2D eigenvalue weighted by molar-refractivity contribution is 0.0638. The second-order valence-corrected chi connectivity index (χ2v) is 6.79. The SMILES string of the molecule is CC1CCCC(C(O)c2c(Cl)cnn2CCN(C)C)C1. The van der Waals surface area contributed by atoms with Crippen molar-refractivity contribution >= 4 is 11.6 Å². The summed E-state index contributed by atoms with van der Waals surface area (Å²) in [7, 11) is 4.06. The van der Waals surface area contributed by atoms with Gasteiger partial charge in [-0.25, -0.2) is 0 Å². The van der Waals surface area contributed by atoms with E-state index in [-0.39, 0.29) is 0 Å². The molecule has 0 aliphatic heterocycles. The molecule has 1 aliphatic carbocycles. The Morgan fingerprint density at radius 2 is 2.25 bits per heavy atom. The fourth-order valence-corrected chi connectivity index (χ4v) is 3.38. The highest BCUT2D eigenvalue weighted by molar-refractivity contribution is 6.31. The molecule has 0 saturated heterocycles. The quantitative estimate of drug-likeness (QED) is 0.909. The van der Waals surface area contributed by atoms with Crippen molar-refractivity contribution in [1.82, 2.24) is 14.7 Å². The van der Waals surface area contributed by atoms with Gasteiger partial charge in [0.1, 0.15) is 0 Å². The molecule has 1 aromatic heterocycles. The van der Waals surface area contributed by atoms with Gasteiger partial charge in [0.05, 0.1) is 29.6 Å². The van der Waals surface area contributed by atoms with E-state index < -0.39 is 6.10 Å². The van der Waals surface area contributed by atoms with Gasteiger partial charge in [-0.05, 0) is 38.8 Å². The van der Waals surface area contributed by atoms with E-state index >= 15 is 0 Å². The summed E-state index contributed by atoms with van der Waals surface area (Å²) in [5.74, 6) is 1.01. The van der Waals surface area contributed by atoms with Crippen LogP contribution in [0.2, 0.25) is 5.02 Å². The van der Waals surface area contributed by atoms with Crippen LogP contribution in [-0.2, 0) is 6.54 Å². The zero-order valence-electron chi connectivity index (χ0n) is 12.7. The van der Waals surface area contributed by atoms with Crippen LogP contribution < -0.4 is 0 Å². The van der Waals surface area contributed by atoms with Crippen LogP contribution in [0.1, 0.15) is 44.4 Å². The number of hydrogen-bond acceptors (Lipinski definition) is 3. The average Bonchev–Trinajstić information content (AvgIpc) is 2.76. The summed E-state index contributed by atoms with van der Waals surface area (Å²) >= 11 is 6.25. The minimum atomic E-state index is -0.491. The van der Waals surface area contributed by atoms with Gasteiger partial charge < -0.3 is 10.0 Å². The molecule has 0 amide bonds. The van der Waals surface area contributed by atoms with Gasteiger partial charge in [-0.1, -0.05) is 31.4 Å². The van der Waals surface area contributed by atoms with Crippen LogP contribution in [0.5, 0.6) is 0 Å². The van der Waals surface area contributed by atoms with Crippen molar-refractivity contribution in [1.29, 1.82) is 0 Å². The molecule has 1 N–H and O–H groups in total. The zero-order valence-corrected chi connectivity index (χ0v) is 13.5. The van der Waals surface area contributed by atoms with E-state index in [9.17, 15) is 5.11 Å². The highest BCUT2D eigenvalue weighted by atomic mass is 35.5. The van der Waals surface area contributed by atoms with Crippen molar-refractivity contribution in [2.24, 2.45) is 11.8 Å². The fourth-order valence-electron chi connectivity index (χ4n) is 3.13. The maximum Gasteiger partial charge on any atom is 0.0999 e. The first-order valence-electron chi connectivity index (χ1n) is 7.53. The van der Waals surface area contributed by atoms with Gasteiger partial charge in [0.15, 0.2) is 0 Å². The van der Waals surface area contributed by atoms with Crippen molar-refractivity contribution in [3.8, 4) is 0 Å². The highest BCUT2D eigenvalue weighted by Gasteiger charge is 2.30. The first kappa shape index (κ1) is 15.8. The molecule has 1 aromatic rings. The van der Waals surface area contributed by atoms with Crippen LogP contribution in [0, 0.1) is 11.8 Å². The summed E-state index contributed by atoms with van der Waals surface area (Å²) in [5.41, 5.74) is 0.799. The maximum absolute atomic E-state index is 10.7. The van der Waals surface area contributed by atoms with Gasteiger partial charge in [-0.15, -0.1) is 0 Å². The van der Waals surface area contributed by atoms with Crippen LogP contribution in [0.4, 0.5) is 0 Å². The molecule has 1 heterocycles. The van der Waals surface area contributed by atoms with E-state index in [1.54, 1.807) is 6.20 Å². The van der Waals surface area contributed by atoms with Crippen LogP contribution in [0.25, 0.3) is 0 Å². The molecular formula is C15H26ClN3O. The van der Waals surface area contributed by atoms with Crippen molar-refractivity contribution in [3.05, 3.63) is 16.9 Å². The van der Waals surface area contributed by atoms with Gasteiger partial charge in [-0.2, -0.15) is 5.10 Å². The largest absolute Gasteiger partial charge is 0.386 e. The number of nitrogens with zero attached hydrogens (tertiary/aromatic N) is 3. The van der Waals surface area contributed by atoms with E-state index in [4.69, 9.17) is 11.6 Å². The lowest BCUT2D eigenvalue weighted by Crippen LogP contribution is -2.25. The Balaban J connectivity index is 2.11. The molecule has 1 aliphatic rings. The topological polar surface area (TPSA) is 41.3 Å². The van der Waals surface area contributed by atoms with Gasteiger partial charge in [0.25, 0.3) is 0 Å². The molecule has 0 bridgehead atoms. The lowest BCUT2D eigenvalue weighted by atomic mass is 9.79. The van der Waals surface area contributed by atoms with Gasteiger partial charge in [0, 0.05) is 6.54 Å². The van der Waals surface area contributed by atoms with Crippen molar-refractivity contribution in [2.75, 3.05) is 20.6 Å². The molecule has 1 saturated carbocycles. The van der Waals surface area contributed by atoms with Crippen molar-refractivity contribution in [2.45, 2.75) is 45.3 Å². The predicted molar refractivity (Wildman–Crippen MR) is 81.9 cm³/mol. The number of rotatable bonds is 5. The number of likely N-dealkylation sites (N-methyl/N-ethyl adjacent to an activating group) is 1. The zero-order chi connectivity index (χ0) is 14.7. The average molecular weight is 300 g/mol.